The van der Waals surface area contributed by atoms with E-state index in [9.17, 15) is 19.2 Å². The van der Waals surface area contributed by atoms with Gasteiger partial charge in [0, 0.05) is 36.8 Å². The minimum atomic E-state index is -0.381. The lowest BCUT2D eigenvalue weighted by molar-refractivity contribution is -0.605. The minimum Gasteiger partial charge on any atom is -0.619 e. The molecule has 140 valence electrons. The molecule has 2 heterocycles. The molecule has 1 saturated carbocycles. The number of aromatic nitrogens is 1. The zero-order chi connectivity index (χ0) is 19.0. The normalized spacial score (nSPS) is 20.3. The summed E-state index contributed by atoms with van der Waals surface area (Å²) in [7, 11) is 0. The molecule has 1 saturated heterocycles. The van der Waals surface area contributed by atoms with Gasteiger partial charge in [0.1, 0.15) is 5.82 Å². The number of carbonyl (C=O) groups excluding carboxylic acids is 2. The molecule has 0 radical (unpaired) electrons. The van der Waals surface area contributed by atoms with Gasteiger partial charge in [-0.1, -0.05) is 6.07 Å². The quantitative estimate of drug-likeness (QED) is 0.666. The number of hydrogen-bond donors (Lipinski definition) is 1. The topological polar surface area (TPSA) is 76.4 Å². The van der Waals surface area contributed by atoms with Gasteiger partial charge in [-0.3, -0.25) is 9.59 Å². The molecule has 1 aromatic heterocycles. The number of rotatable bonds is 3. The highest BCUT2D eigenvalue weighted by Gasteiger charge is 2.58. The molecule has 2 aromatic rings. The summed E-state index contributed by atoms with van der Waals surface area (Å²) in [6.45, 7) is 1.18. The van der Waals surface area contributed by atoms with E-state index in [1.807, 2.05) is 0 Å². The average molecular weight is 369 g/mol. The van der Waals surface area contributed by atoms with Gasteiger partial charge in [-0.15, -0.1) is 0 Å². The lowest BCUT2D eigenvalue weighted by Gasteiger charge is -2.32. The van der Waals surface area contributed by atoms with E-state index in [4.69, 9.17) is 0 Å². The van der Waals surface area contributed by atoms with E-state index in [1.54, 1.807) is 17.0 Å². The van der Waals surface area contributed by atoms with Crippen molar-refractivity contribution < 1.29 is 18.7 Å². The number of anilines is 1. The second kappa shape index (κ2) is 6.64. The molecule has 2 aliphatic rings. The van der Waals surface area contributed by atoms with Crippen LogP contribution in [0.25, 0.3) is 0 Å². The van der Waals surface area contributed by atoms with Crippen LogP contribution in [0.1, 0.15) is 29.6 Å². The maximum atomic E-state index is 13.3. The Bertz CT molecular complexity index is 876. The molecule has 0 bridgehead atoms. The van der Waals surface area contributed by atoms with Crippen LogP contribution in [0, 0.1) is 22.4 Å². The maximum absolute atomic E-state index is 13.3. The molecule has 2 fully saturated rings. The first-order valence-electron chi connectivity index (χ1n) is 9.01. The van der Waals surface area contributed by atoms with E-state index in [-0.39, 0.29) is 29.0 Å². The van der Waals surface area contributed by atoms with Crippen molar-refractivity contribution in [1.82, 2.24) is 4.90 Å². The van der Waals surface area contributed by atoms with Gasteiger partial charge in [-0.25, -0.2) is 4.39 Å². The largest absolute Gasteiger partial charge is 0.619 e. The molecule has 2 amide bonds. The van der Waals surface area contributed by atoms with Gasteiger partial charge in [0.15, 0.2) is 12.4 Å². The standard InChI is InChI=1S/C20H20FN3O3/c21-15-2-1-3-16(12-15)22-18(25)17-13-20(17)6-10-23(11-7-20)19(26)14-4-8-24(27)9-5-14/h1-5,8-9,12,17H,6-7,10-11,13H2,(H,22,25). The number of amides is 2. The minimum absolute atomic E-state index is 0.0527. The smallest absolute Gasteiger partial charge is 0.254 e. The van der Waals surface area contributed by atoms with E-state index >= 15 is 0 Å². The fraction of sp³-hybridized carbons (Fsp3) is 0.350. The van der Waals surface area contributed by atoms with Crippen molar-refractivity contribution in [2.24, 2.45) is 11.3 Å². The summed E-state index contributed by atoms with van der Waals surface area (Å²) in [5.74, 6) is -0.641. The molecule has 1 aromatic carbocycles. The predicted molar refractivity (Wildman–Crippen MR) is 96.1 cm³/mol. The van der Waals surface area contributed by atoms with Crippen LogP contribution in [-0.2, 0) is 4.79 Å². The Morgan fingerprint density at radius 3 is 2.56 bits per heavy atom. The highest BCUT2D eigenvalue weighted by atomic mass is 19.1. The number of hydrogen-bond acceptors (Lipinski definition) is 3. The molecule has 27 heavy (non-hydrogen) atoms. The van der Waals surface area contributed by atoms with Gasteiger partial charge in [-0.2, -0.15) is 4.73 Å². The van der Waals surface area contributed by atoms with Crippen molar-refractivity contribution in [1.29, 1.82) is 0 Å². The van der Waals surface area contributed by atoms with Crippen LogP contribution < -0.4 is 10.0 Å². The summed E-state index contributed by atoms with van der Waals surface area (Å²) < 4.78 is 13.9. The summed E-state index contributed by atoms with van der Waals surface area (Å²) in [5, 5.41) is 13.9. The molecule has 1 N–H and O–H groups in total. The van der Waals surface area contributed by atoms with Crippen molar-refractivity contribution >= 4 is 17.5 Å². The van der Waals surface area contributed by atoms with E-state index < -0.39 is 0 Å². The molecule has 6 nitrogen and oxygen atoms in total. The molecule has 1 aliphatic heterocycles. The highest BCUT2D eigenvalue weighted by Crippen LogP contribution is 2.59. The highest BCUT2D eigenvalue weighted by molar-refractivity contribution is 5.95. The van der Waals surface area contributed by atoms with Crippen molar-refractivity contribution in [3.05, 3.63) is 65.4 Å². The van der Waals surface area contributed by atoms with E-state index in [0.29, 0.717) is 29.1 Å². The number of benzene rings is 1. The summed E-state index contributed by atoms with van der Waals surface area (Å²) in [6.07, 6.45) is 4.97. The van der Waals surface area contributed by atoms with Gasteiger partial charge < -0.3 is 15.4 Å². The average Bonchev–Trinajstić information content (AvgIpc) is 3.36. The van der Waals surface area contributed by atoms with Crippen molar-refractivity contribution in [3.8, 4) is 0 Å². The van der Waals surface area contributed by atoms with Gasteiger partial charge in [-0.05, 0) is 42.9 Å². The number of likely N-dealkylation sites (tertiary alicyclic amines) is 1. The summed E-state index contributed by atoms with van der Waals surface area (Å²) in [5.41, 5.74) is 0.909. The van der Waals surface area contributed by atoms with Crippen molar-refractivity contribution in [3.63, 3.8) is 0 Å². The van der Waals surface area contributed by atoms with E-state index in [2.05, 4.69) is 5.32 Å². The third-order valence-corrected chi connectivity index (χ3v) is 5.69. The third kappa shape index (κ3) is 3.49. The molecular weight excluding hydrogens is 349 g/mol. The Kier molecular flexibility index (Phi) is 4.30. The number of halogens is 1. The van der Waals surface area contributed by atoms with E-state index in [0.717, 1.165) is 19.3 Å². The Morgan fingerprint density at radius 2 is 1.89 bits per heavy atom. The van der Waals surface area contributed by atoms with Crippen LogP contribution in [0.4, 0.5) is 10.1 Å². The monoisotopic (exact) mass is 369 g/mol. The molecule has 4 rings (SSSR count). The number of nitrogens with one attached hydrogen (secondary N) is 1. The zero-order valence-corrected chi connectivity index (χ0v) is 14.7. The molecule has 1 aliphatic carbocycles. The van der Waals surface area contributed by atoms with Crippen molar-refractivity contribution in [2.75, 3.05) is 18.4 Å². The Hall–Kier alpha value is -2.96. The predicted octanol–water partition coefficient (Wildman–Crippen LogP) is 2.34. The number of piperidine rings is 1. The fourth-order valence-electron chi connectivity index (χ4n) is 3.96. The number of carbonyl (C=O) groups is 2. The molecule has 1 atom stereocenters. The van der Waals surface area contributed by atoms with Gasteiger partial charge in [0.25, 0.3) is 5.91 Å². The lowest BCUT2D eigenvalue weighted by Crippen LogP contribution is -2.40. The fourth-order valence-corrected chi connectivity index (χ4v) is 3.96. The Balaban J connectivity index is 1.33. The van der Waals surface area contributed by atoms with Crippen LogP contribution in [0.2, 0.25) is 0 Å². The van der Waals surface area contributed by atoms with Gasteiger partial charge in [0.2, 0.25) is 5.91 Å². The first-order valence-corrected chi connectivity index (χ1v) is 9.01. The molecular formula is C20H20FN3O3. The van der Waals surface area contributed by atoms with Crippen LogP contribution in [0.5, 0.6) is 0 Å². The van der Waals surface area contributed by atoms with Crippen LogP contribution in [0.3, 0.4) is 0 Å². The molecule has 1 spiro atoms. The number of nitrogens with zero attached hydrogens (tertiary/aromatic N) is 2. The van der Waals surface area contributed by atoms with Crippen LogP contribution in [-0.4, -0.2) is 29.8 Å². The second-order valence-electron chi connectivity index (χ2n) is 7.36. The summed E-state index contributed by atoms with van der Waals surface area (Å²) in [4.78, 5) is 26.8. The van der Waals surface area contributed by atoms with Gasteiger partial charge in [0.05, 0.1) is 5.56 Å². The molecule has 7 heteroatoms. The first-order chi connectivity index (χ1) is 13.0. The Morgan fingerprint density at radius 1 is 1.19 bits per heavy atom. The second-order valence-corrected chi connectivity index (χ2v) is 7.36. The van der Waals surface area contributed by atoms with Crippen LogP contribution >= 0.6 is 0 Å². The van der Waals surface area contributed by atoms with E-state index in [1.165, 1.54) is 36.7 Å². The third-order valence-electron chi connectivity index (χ3n) is 5.69. The van der Waals surface area contributed by atoms with Crippen molar-refractivity contribution in [2.45, 2.75) is 19.3 Å². The molecule has 1 unspecified atom stereocenters. The maximum Gasteiger partial charge on any atom is 0.254 e. The lowest BCUT2D eigenvalue weighted by atomic mass is 9.90. The number of pyridine rings is 1. The first kappa shape index (κ1) is 17.5. The Labute approximate surface area is 156 Å². The summed E-state index contributed by atoms with van der Waals surface area (Å²) >= 11 is 0. The SMILES string of the molecule is O=C(Nc1cccc(F)c1)C1CC12CCN(C(=O)c1cc[n+]([O-])cc1)CC2. The zero-order valence-electron chi connectivity index (χ0n) is 14.7. The van der Waals surface area contributed by atoms with Crippen LogP contribution in [0.15, 0.2) is 48.8 Å². The summed E-state index contributed by atoms with van der Waals surface area (Å²) in [6, 6.07) is 8.92. The van der Waals surface area contributed by atoms with Gasteiger partial charge >= 0.3 is 0 Å².